The van der Waals surface area contributed by atoms with E-state index in [9.17, 15) is 14.7 Å². The van der Waals surface area contributed by atoms with E-state index in [2.05, 4.69) is 10.4 Å². The molecule has 2 rings (SSSR count). The van der Waals surface area contributed by atoms with Gasteiger partial charge in [0.1, 0.15) is 6.04 Å². The van der Waals surface area contributed by atoms with E-state index in [1.165, 1.54) is 5.56 Å². The Kier molecular flexibility index (Phi) is 4.65. The Morgan fingerprint density at radius 2 is 2.24 bits per heavy atom. The Bertz CT molecular complexity index is 536. The minimum Gasteiger partial charge on any atom is -0.480 e. The molecular weight excluding hydrogens is 270 g/mol. The quantitative estimate of drug-likeness (QED) is 0.852. The van der Waals surface area contributed by atoms with Gasteiger partial charge in [-0.15, -0.1) is 0 Å². The first-order chi connectivity index (χ1) is 9.88. The molecule has 1 amide bonds. The van der Waals surface area contributed by atoms with Crippen molar-refractivity contribution in [2.24, 2.45) is 18.9 Å². The van der Waals surface area contributed by atoms with E-state index in [1.807, 2.05) is 27.1 Å². The molecule has 0 aromatic carbocycles. The number of hydrogen-bond donors (Lipinski definition) is 2. The summed E-state index contributed by atoms with van der Waals surface area (Å²) in [5.41, 5.74) is 2.27. The summed E-state index contributed by atoms with van der Waals surface area (Å²) in [5.74, 6) is -1.06. The second-order valence-corrected chi connectivity index (χ2v) is 6.21. The maximum absolute atomic E-state index is 12.3. The van der Waals surface area contributed by atoms with Gasteiger partial charge in [0, 0.05) is 25.1 Å². The van der Waals surface area contributed by atoms with Gasteiger partial charge in [0.05, 0.1) is 6.20 Å². The molecule has 1 aliphatic carbocycles. The summed E-state index contributed by atoms with van der Waals surface area (Å²) in [6.45, 7) is 3.90. The summed E-state index contributed by atoms with van der Waals surface area (Å²) >= 11 is 0. The zero-order chi connectivity index (χ0) is 15.6. The number of aromatic nitrogens is 2. The predicted molar refractivity (Wildman–Crippen MR) is 77.7 cm³/mol. The maximum Gasteiger partial charge on any atom is 0.326 e. The number of aliphatic carboxylic acids is 1. The number of carboxylic acids is 1. The van der Waals surface area contributed by atoms with E-state index < -0.39 is 12.0 Å². The predicted octanol–water partition coefficient (Wildman–Crippen LogP) is 1.14. The molecule has 1 aromatic rings. The average molecular weight is 293 g/mol. The smallest absolute Gasteiger partial charge is 0.326 e. The van der Waals surface area contributed by atoms with Crippen LogP contribution in [0, 0.1) is 11.8 Å². The van der Waals surface area contributed by atoms with Crippen molar-refractivity contribution in [1.29, 1.82) is 0 Å². The number of rotatable bonds is 5. The Hall–Kier alpha value is -1.85. The average Bonchev–Trinajstić information content (AvgIpc) is 2.78. The SMILES string of the molecule is CC(C)C[C@H](NC(=O)C1CCc2cnn(C)c2C1)C(=O)O. The van der Waals surface area contributed by atoms with Crippen molar-refractivity contribution in [1.82, 2.24) is 15.1 Å². The van der Waals surface area contributed by atoms with Gasteiger partial charge in [0.15, 0.2) is 0 Å². The second-order valence-electron chi connectivity index (χ2n) is 6.21. The highest BCUT2D eigenvalue weighted by Crippen LogP contribution is 2.25. The minimum atomic E-state index is -0.964. The molecule has 2 atom stereocenters. The van der Waals surface area contributed by atoms with Crippen LogP contribution in [0.3, 0.4) is 0 Å². The fourth-order valence-corrected chi connectivity index (χ4v) is 2.85. The number of aryl methyl sites for hydroxylation is 2. The third kappa shape index (κ3) is 3.62. The van der Waals surface area contributed by atoms with Gasteiger partial charge in [0.2, 0.25) is 5.91 Å². The summed E-state index contributed by atoms with van der Waals surface area (Å²) in [5, 5.41) is 16.1. The van der Waals surface area contributed by atoms with E-state index >= 15 is 0 Å². The van der Waals surface area contributed by atoms with E-state index in [4.69, 9.17) is 0 Å². The molecule has 1 unspecified atom stereocenters. The lowest BCUT2D eigenvalue weighted by Gasteiger charge is -2.24. The van der Waals surface area contributed by atoms with Gasteiger partial charge in [-0.1, -0.05) is 13.8 Å². The monoisotopic (exact) mass is 293 g/mol. The third-order valence-corrected chi connectivity index (χ3v) is 4.04. The van der Waals surface area contributed by atoms with Crippen LogP contribution in [-0.2, 0) is 29.5 Å². The van der Waals surface area contributed by atoms with Crippen molar-refractivity contribution in [3.63, 3.8) is 0 Å². The van der Waals surface area contributed by atoms with Gasteiger partial charge in [0.25, 0.3) is 0 Å². The largest absolute Gasteiger partial charge is 0.480 e. The Balaban J connectivity index is 2.01. The molecule has 0 radical (unpaired) electrons. The van der Waals surface area contributed by atoms with Gasteiger partial charge in [-0.2, -0.15) is 5.10 Å². The van der Waals surface area contributed by atoms with Crippen molar-refractivity contribution in [3.8, 4) is 0 Å². The fraction of sp³-hybridized carbons (Fsp3) is 0.667. The minimum absolute atomic E-state index is 0.157. The number of carbonyl (C=O) groups is 2. The van der Waals surface area contributed by atoms with Crippen LogP contribution < -0.4 is 5.32 Å². The number of nitrogens with zero attached hydrogens (tertiary/aromatic N) is 2. The first-order valence-electron chi connectivity index (χ1n) is 7.41. The van der Waals surface area contributed by atoms with Crippen LogP contribution in [0.2, 0.25) is 0 Å². The van der Waals surface area contributed by atoms with Crippen LogP contribution in [0.15, 0.2) is 6.20 Å². The topological polar surface area (TPSA) is 84.2 Å². The molecule has 116 valence electrons. The van der Waals surface area contributed by atoms with Gasteiger partial charge in [-0.05, 0) is 30.7 Å². The molecule has 1 aliphatic rings. The molecule has 0 aliphatic heterocycles. The van der Waals surface area contributed by atoms with Crippen LogP contribution in [0.25, 0.3) is 0 Å². The first-order valence-corrected chi connectivity index (χ1v) is 7.41. The number of nitrogens with one attached hydrogen (secondary N) is 1. The molecule has 0 saturated heterocycles. The second kappa shape index (κ2) is 6.28. The highest BCUT2D eigenvalue weighted by atomic mass is 16.4. The summed E-state index contributed by atoms with van der Waals surface area (Å²) in [6.07, 6.45) is 4.50. The normalized spacial score (nSPS) is 19.1. The highest BCUT2D eigenvalue weighted by molar-refractivity contribution is 5.85. The summed E-state index contributed by atoms with van der Waals surface area (Å²) in [7, 11) is 1.87. The van der Waals surface area contributed by atoms with Gasteiger partial charge >= 0.3 is 5.97 Å². The number of carbonyl (C=O) groups excluding carboxylic acids is 1. The molecule has 21 heavy (non-hydrogen) atoms. The summed E-state index contributed by atoms with van der Waals surface area (Å²) < 4.78 is 1.80. The van der Waals surface area contributed by atoms with E-state index in [1.54, 1.807) is 4.68 Å². The lowest BCUT2D eigenvalue weighted by molar-refractivity contribution is -0.143. The van der Waals surface area contributed by atoms with Gasteiger partial charge in [-0.3, -0.25) is 9.48 Å². The molecule has 1 aromatic heterocycles. The first kappa shape index (κ1) is 15.5. The maximum atomic E-state index is 12.3. The molecule has 0 bridgehead atoms. The van der Waals surface area contributed by atoms with Crippen molar-refractivity contribution in [2.45, 2.75) is 45.6 Å². The van der Waals surface area contributed by atoms with Gasteiger partial charge < -0.3 is 10.4 Å². The third-order valence-electron chi connectivity index (χ3n) is 4.04. The van der Waals surface area contributed by atoms with Crippen LogP contribution in [0.4, 0.5) is 0 Å². The lowest BCUT2D eigenvalue weighted by Crippen LogP contribution is -2.45. The Morgan fingerprint density at radius 3 is 2.86 bits per heavy atom. The molecule has 1 heterocycles. The van der Waals surface area contributed by atoms with Gasteiger partial charge in [-0.25, -0.2) is 4.79 Å². The van der Waals surface area contributed by atoms with Crippen molar-refractivity contribution >= 4 is 11.9 Å². The van der Waals surface area contributed by atoms with E-state index in [0.29, 0.717) is 12.8 Å². The zero-order valence-electron chi connectivity index (χ0n) is 12.8. The standard InChI is InChI=1S/C15H23N3O3/c1-9(2)6-12(15(20)21)17-14(19)10-4-5-11-8-16-18(3)13(11)7-10/h8-10,12H,4-7H2,1-3H3,(H,17,19)(H,20,21)/t10?,12-/m0/s1. The van der Waals surface area contributed by atoms with Crippen LogP contribution in [0.1, 0.15) is 37.9 Å². The molecule has 0 fully saturated rings. The summed E-state index contributed by atoms with van der Waals surface area (Å²) in [4.78, 5) is 23.6. The fourth-order valence-electron chi connectivity index (χ4n) is 2.85. The zero-order valence-corrected chi connectivity index (χ0v) is 12.8. The summed E-state index contributed by atoms with van der Waals surface area (Å²) in [6, 6.07) is -0.801. The highest BCUT2D eigenvalue weighted by Gasteiger charge is 2.30. The number of carboxylic acid groups (broad SMARTS) is 1. The van der Waals surface area contributed by atoms with Crippen LogP contribution >= 0.6 is 0 Å². The molecule has 0 saturated carbocycles. The number of hydrogen-bond acceptors (Lipinski definition) is 3. The van der Waals surface area contributed by atoms with Crippen LogP contribution in [-0.4, -0.2) is 32.8 Å². The van der Waals surface area contributed by atoms with Crippen molar-refractivity contribution in [2.75, 3.05) is 0 Å². The number of fused-ring (bicyclic) bond motifs is 1. The number of amides is 1. The van der Waals surface area contributed by atoms with Crippen LogP contribution in [0.5, 0.6) is 0 Å². The molecule has 2 N–H and O–H groups in total. The van der Waals surface area contributed by atoms with Crippen molar-refractivity contribution in [3.05, 3.63) is 17.5 Å². The van der Waals surface area contributed by atoms with E-state index in [0.717, 1.165) is 18.5 Å². The molecule has 6 heteroatoms. The Labute approximate surface area is 124 Å². The molecule has 0 spiro atoms. The molecule has 6 nitrogen and oxygen atoms in total. The van der Waals surface area contributed by atoms with E-state index in [-0.39, 0.29) is 17.7 Å². The van der Waals surface area contributed by atoms with Crippen molar-refractivity contribution < 1.29 is 14.7 Å². The Morgan fingerprint density at radius 1 is 1.52 bits per heavy atom. The lowest BCUT2D eigenvalue weighted by atomic mass is 9.87. The molecular formula is C15H23N3O3.